The molecule has 1 heterocycles. The number of hydrogen-bond acceptors (Lipinski definition) is 3. The van der Waals surface area contributed by atoms with E-state index in [0.717, 1.165) is 0 Å². The molecule has 0 saturated carbocycles. The van der Waals surface area contributed by atoms with Crippen LogP contribution in [0.3, 0.4) is 0 Å². The molecule has 0 spiro atoms. The van der Waals surface area contributed by atoms with Crippen LogP contribution >= 0.6 is 10.7 Å². The number of halogens is 3. The third-order valence-corrected chi connectivity index (χ3v) is 4.84. The second-order valence-electron chi connectivity index (χ2n) is 2.41. The number of nitrogens with one attached hydrogen (secondary N) is 1. The lowest BCUT2D eigenvalue weighted by Gasteiger charge is -2.16. The molecule has 0 fully saturated rings. The first-order valence-corrected chi connectivity index (χ1v) is 6.46. The molecule has 0 aliphatic carbocycles. The fourth-order valence-corrected chi connectivity index (χ4v) is 3.54. The van der Waals surface area contributed by atoms with Gasteiger partial charge >= 0.3 is 15.5 Å². The Morgan fingerprint density at radius 3 is 2.50 bits per heavy atom. The van der Waals surface area contributed by atoms with Gasteiger partial charge in [-0.3, -0.25) is 0 Å². The SMILES string of the molecule is O=S(=O)(NS1=CCOCC1)C(F)(F)F. The van der Waals surface area contributed by atoms with Crippen molar-refractivity contribution in [3.63, 3.8) is 0 Å². The lowest BCUT2D eigenvalue weighted by atomic mass is 10.8. The molecule has 0 aromatic rings. The first kappa shape index (κ1) is 12.0. The summed E-state index contributed by atoms with van der Waals surface area (Å²) in [5, 5.41) is 1.38. The molecule has 9 heteroatoms. The van der Waals surface area contributed by atoms with E-state index >= 15 is 0 Å². The van der Waals surface area contributed by atoms with Crippen LogP contribution in [0.1, 0.15) is 0 Å². The summed E-state index contributed by atoms with van der Waals surface area (Å²) < 4.78 is 63.4. The predicted octanol–water partition coefficient (Wildman–Crippen LogP) is 0.442. The Morgan fingerprint density at radius 1 is 1.43 bits per heavy atom. The van der Waals surface area contributed by atoms with Crippen molar-refractivity contribution in [3.8, 4) is 0 Å². The first-order valence-electron chi connectivity index (χ1n) is 3.52. The Hall–Kier alpha value is -0.120. The predicted molar refractivity (Wildman–Crippen MR) is 47.5 cm³/mol. The molecule has 0 aromatic heterocycles. The van der Waals surface area contributed by atoms with Gasteiger partial charge in [0.05, 0.1) is 13.2 Å². The van der Waals surface area contributed by atoms with Gasteiger partial charge in [-0.1, -0.05) is 0 Å². The van der Waals surface area contributed by atoms with Gasteiger partial charge in [0.15, 0.2) is 0 Å². The largest absolute Gasteiger partial charge is 0.512 e. The van der Waals surface area contributed by atoms with Crippen LogP contribution in [-0.2, 0) is 14.8 Å². The van der Waals surface area contributed by atoms with E-state index in [4.69, 9.17) is 4.74 Å². The Bertz CT molecular complexity index is 335. The maximum atomic E-state index is 11.9. The fourth-order valence-electron chi connectivity index (χ4n) is 0.709. The van der Waals surface area contributed by atoms with Crippen LogP contribution in [0, 0.1) is 0 Å². The second kappa shape index (κ2) is 4.17. The average Bonchev–Trinajstić information content (AvgIpc) is 2.03. The third kappa shape index (κ3) is 2.94. The van der Waals surface area contributed by atoms with Gasteiger partial charge in [-0.05, 0) is 5.37 Å². The number of rotatable bonds is 2. The molecule has 0 radical (unpaired) electrons. The van der Waals surface area contributed by atoms with Crippen LogP contribution in [0.25, 0.3) is 0 Å². The standard InChI is InChI=1S/C5H8F3NO3S2/c6-5(7,8)14(10,11)9-13-3-1-12-2-4-13/h3,9H,1-2,4H2. The smallest absolute Gasteiger partial charge is 0.376 e. The molecule has 0 bridgehead atoms. The lowest BCUT2D eigenvalue weighted by molar-refractivity contribution is -0.0440. The zero-order valence-electron chi connectivity index (χ0n) is 6.87. The first-order chi connectivity index (χ1) is 6.33. The molecule has 1 N–H and O–H groups in total. The van der Waals surface area contributed by atoms with E-state index in [-0.39, 0.29) is 19.0 Å². The van der Waals surface area contributed by atoms with E-state index in [1.807, 2.05) is 0 Å². The van der Waals surface area contributed by atoms with E-state index < -0.39 is 26.2 Å². The minimum absolute atomic E-state index is 0.170. The molecule has 0 saturated heterocycles. The monoisotopic (exact) mass is 251 g/mol. The maximum Gasteiger partial charge on any atom is 0.512 e. The van der Waals surface area contributed by atoms with E-state index in [2.05, 4.69) is 0 Å². The molecule has 1 rings (SSSR count). The summed E-state index contributed by atoms with van der Waals surface area (Å²) in [4.78, 5) is 0. The maximum absolute atomic E-state index is 11.9. The molecule has 84 valence electrons. The van der Waals surface area contributed by atoms with E-state index in [1.54, 1.807) is 4.13 Å². The lowest BCUT2D eigenvalue weighted by Crippen LogP contribution is -2.35. The van der Waals surface area contributed by atoms with Crippen molar-refractivity contribution in [2.24, 2.45) is 0 Å². The molecule has 1 aliphatic heterocycles. The van der Waals surface area contributed by atoms with Crippen molar-refractivity contribution in [3.05, 3.63) is 0 Å². The quantitative estimate of drug-likeness (QED) is 0.725. The van der Waals surface area contributed by atoms with Crippen molar-refractivity contribution in [2.45, 2.75) is 5.51 Å². The highest BCUT2D eigenvalue weighted by Crippen LogP contribution is 2.25. The summed E-state index contributed by atoms with van der Waals surface area (Å²) in [5.74, 6) is 0.245. The van der Waals surface area contributed by atoms with E-state index in [9.17, 15) is 21.6 Å². The highest BCUT2D eigenvalue weighted by molar-refractivity contribution is 8.20. The zero-order chi connectivity index (χ0) is 10.8. The molecular formula is C5H8F3NO3S2. The third-order valence-electron chi connectivity index (χ3n) is 1.36. The van der Waals surface area contributed by atoms with E-state index in [0.29, 0.717) is 0 Å². The number of alkyl halides is 3. The van der Waals surface area contributed by atoms with Gasteiger partial charge in [0.1, 0.15) is 0 Å². The topological polar surface area (TPSA) is 55.4 Å². The van der Waals surface area contributed by atoms with Crippen molar-refractivity contribution in [2.75, 3.05) is 19.0 Å². The minimum atomic E-state index is -5.24. The van der Waals surface area contributed by atoms with Gasteiger partial charge < -0.3 is 4.74 Å². The van der Waals surface area contributed by atoms with Crippen molar-refractivity contribution < 1.29 is 26.3 Å². The molecule has 1 unspecified atom stereocenters. The molecular weight excluding hydrogens is 243 g/mol. The van der Waals surface area contributed by atoms with Crippen molar-refractivity contribution in [1.29, 1.82) is 0 Å². The van der Waals surface area contributed by atoms with Crippen LogP contribution in [0.2, 0.25) is 0 Å². The molecule has 1 atom stereocenters. The Labute approximate surface area is 81.5 Å². The van der Waals surface area contributed by atoms with Crippen LogP contribution < -0.4 is 4.13 Å². The van der Waals surface area contributed by atoms with Gasteiger partial charge in [-0.15, -0.1) is 10.7 Å². The van der Waals surface area contributed by atoms with Gasteiger partial charge in [0.2, 0.25) is 0 Å². The van der Waals surface area contributed by atoms with Crippen molar-refractivity contribution in [1.82, 2.24) is 4.13 Å². The van der Waals surface area contributed by atoms with Gasteiger partial charge in [-0.2, -0.15) is 17.3 Å². The summed E-state index contributed by atoms with van der Waals surface area (Å²) in [6, 6.07) is 0. The van der Waals surface area contributed by atoms with Gasteiger partial charge in [0.25, 0.3) is 0 Å². The number of sulfonamides is 1. The van der Waals surface area contributed by atoms with Gasteiger partial charge in [-0.25, -0.2) is 8.42 Å². The van der Waals surface area contributed by atoms with Crippen LogP contribution in [0.5, 0.6) is 0 Å². The molecule has 0 amide bonds. The van der Waals surface area contributed by atoms with E-state index in [1.165, 1.54) is 5.37 Å². The zero-order valence-corrected chi connectivity index (χ0v) is 8.51. The van der Waals surface area contributed by atoms with Gasteiger partial charge in [0, 0.05) is 5.75 Å². The average molecular weight is 251 g/mol. The molecule has 1 aliphatic rings. The normalized spacial score (nSPS) is 24.4. The summed E-state index contributed by atoms with van der Waals surface area (Å²) in [5.41, 5.74) is -5.24. The minimum Gasteiger partial charge on any atom is -0.376 e. The van der Waals surface area contributed by atoms with Crippen LogP contribution in [0.15, 0.2) is 0 Å². The molecule has 14 heavy (non-hydrogen) atoms. The summed E-state index contributed by atoms with van der Waals surface area (Å²) in [6.45, 7) is 0.434. The van der Waals surface area contributed by atoms with Crippen LogP contribution in [-0.4, -0.2) is 38.3 Å². The Balaban J connectivity index is 2.73. The highest BCUT2D eigenvalue weighted by atomic mass is 32.3. The Morgan fingerprint density at radius 2 is 2.07 bits per heavy atom. The number of hydrogen-bond donors (Lipinski definition) is 1. The molecule has 4 nitrogen and oxygen atoms in total. The van der Waals surface area contributed by atoms with Crippen LogP contribution in [0.4, 0.5) is 13.2 Å². The summed E-state index contributed by atoms with van der Waals surface area (Å²) in [6.07, 6.45) is 0. The highest BCUT2D eigenvalue weighted by Gasteiger charge is 2.46. The number of ether oxygens (including phenoxy) is 1. The fraction of sp³-hybridized carbons (Fsp3) is 0.800. The summed E-state index contributed by atoms with van der Waals surface area (Å²) >= 11 is 0. The second-order valence-corrected chi connectivity index (χ2v) is 6.14. The summed E-state index contributed by atoms with van der Waals surface area (Å²) in [7, 11) is -6.29. The Kier molecular flexibility index (Phi) is 3.56. The van der Waals surface area contributed by atoms with Crippen molar-refractivity contribution >= 4 is 26.1 Å². The molecule has 0 aromatic carbocycles.